The van der Waals surface area contributed by atoms with Crippen LogP contribution in [0, 0.1) is 0 Å². The van der Waals surface area contributed by atoms with Gasteiger partial charge in [-0.1, -0.05) is 12.2 Å². The number of nitrogens with zero attached hydrogens (tertiary/aromatic N) is 1. The van der Waals surface area contributed by atoms with E-state index in [1.165, 1.54) is 11.1 Å². The molecular formula is C33H39NO8. The van der Waals surface area contributed by atoms with E-state index in [-0.39, 0.29) is 12.1 Å². The van der Waals surface area contributed by atoms with Gasteiger partial charge in [0.15, 0.2) is 34.5 Å². The molecule has 224 valence electrons. The van der Waals surface area contributed by atoms with Gasteiger partial charge in [-0.2, -0.15) is 0 Å². The van der Waals surface area contributed by atoms with Crippen molar-refractivity contribution in [3.05, 3.63) is 64.2 Å². The van der Waals surface area contributed by atoms with Crippen LogP contribution in [-0.2, 0) is 12.8 Å². The van der Waals surface area contributed by atoms with Crippen LogP contribution in [0.1, 0.15) is 39.9 Å². The predicted molar refractivity (Wildman–Crippen MR) is 160 cm³/mol. The van der Waals surface area contributed by atoms with Gasteiger partial charge >= 0.3 is 0 Å². The summed E-state index contributed by atoms with van der Waals surface area (Å²) in [6, 6.07) is 10.1. The number of hydrogen-bond donors (Lipinski definition) is 0. The number of fused-ring (bicyclic) bond motifs is 4. The molecule has 3 aromatic rings. The van der Waals surface area contributed by atoms with E-state index in [0.717, 1.165) is 47.6 Å². The van der Waals surface area contributed by atoms with Crippen molar-refractivity contribution >= 4 is 6.08 Å². The fourth-order valence-electron chi connectivity index (χ4n) is 6.31. The second-order valence-electron chi connectivity index (χ2n) is 10.1. The van der Waals surface area contributed by atoms with Crippen LogP contribution in [-0.4, -0.2) is 68.3 Å². The van der Waals surface area contributed by atoms with Gasteiger partial charge in [0, 0.05) is 18.2 Å². The van der Waals surface area contributed by atoms with Crippen molar-refractivity contribution in [3.8, 4) is 46.0 Å². The van der Waals surface area contributed by atoms with Gasteiger partial charge in [-0.3, -0.25) is 4.90 Å². The first-order valence-corrected chi connectivity index (χ1v) is 13.8. The topological polar surface area (TPSA) is 77.1 Å². The maximum Gasteiger partial charge on any atom is 0.203 e. The zero-order chi connectivity index (χ0) is 30.0. The predicted octanol–water partition coefficient (Wildman–Crippen LogP) is 5.67. The summed E-state index contributed by atoms with van der Waals surface area (Å²) in [7, 11) is 13.1. The minimum atomic E-state index is -0.131. The van der Waals surface area contributed by atoms with Gasteiger partial charge < -0.3 is 37.9 Å². The van der Waals surface area contributed by atoms with Crippen LogP contribution >= 0.6 is 0 Å². The third kappa shape index (κ3) is 4.91. The summed E-state index contributed by atoms with van der Waals surface area (Å²) >= 11 is 0. The molecule has 0 bridgehead atoms. The van der Waals surface area contributed by atoms with Crippen molar-refractivity contribution in [2.45, 2.75) is 24.9 Å². The zero-order valence-corrected chi connectivity index (χ0v) is 25.5. The van der Waals surface area contributed by atoms with Crippen LogP contribution in [0.3, 0.4) is 0 Å². The Morgan fingerprint density at radius 2 is 1.14 bits per heavy atom. The first kappa shape index (κ1) is 29.3. The Morgan fingerprint density at radius 3 is 1.71 bits per heavy atom. The van der Waals surface area contributed by atoms with Crippen LogP contribution in [0.15, 0.2) is 36.4 Å². The maximum absolute atomic E-state index is 6.02. The summed E-state index contributed by atoms with van der Waals surface area (Å²) in [5.41, 5.74) is 5.59. The van der Waals surface area contributed by atoms with E-state index in [0.29, 0.717) is 34.5 Å². The second kappa shape index (κ2) is 12.3. The Labute approximate surface area is 247 Å². The van der Waals surface area contributed by atoms with Crippen molar-refractivity contribution < 1.29 is 37.9 Å². The molecule has 0 spiro atoms. The number of rotatable bonds is 10. The molecule has 3 aromatic carbocycles. The summed E-state index contributed by atoms with van der Waals surface area (Å²) < 4.78 is 45.6. The fourth-order valence-corrected chi connectivity index (χ4v) is 6.31. The second-order valence-corrected chi connectivity index (χ2v) is 10.1. The molecule has 2 atom stereocenters. The molecule has 0 saturated carbocycles. The molecule has 42 heavy (non-hydrogen) atoms. The van der Waals surface area contributed by atoms with E-state index in [1.54, 1.807) is 56.9 Å². The van der Waals surface area contributed by atoms with Crippen LogP contribution in [0.5, 0.6) is 46.0 Å². The Morgan fingerprint density at radius 1 is 0.595 bits per heavy atom. The average molecular weight is 578 g/mol. The van der Waals surface area contributed by atoms with E-state index in [2.05, 4.69) is 35.3 Å². The summed E-state index contributed by atoms with van der Waals surface area (Å²) in [6.45, 7) is 0.842. The first-order chi connectivity index (χ1) is 20.5. The molecule has 2 heterocycles. The highest BCUT2D eigenvalue weighted by Gasteiger charge is 2.41. The Hall–Kier alpha value is -4.24. The first-order valence-electron chi connectivity index (χ1n) is 13.8. The Balaban J connectivity index is 1.69. The molecule has 0 saturated heterocycles. The van der Waals surface area contributed by atoms with E-state index >= 15 is 0 Å². The smallest absolute Gasteiger partial charge is 0.203 e. The van der Waals surface area contributed by atoms with Crippen molar-refractivity contribution in [3.63, 3.8) is 0 Å². The van der Waals surface area contributed by atoms with Gasteiger partial charge in [-0.15, -0.1) is 0 Å². The lowest BCUT2D eigenvalue weighted by atomic mass is 9.79. The normalized spacial score (nSPS) is 17.5. The monoisotopic (exact) mass is 577 g/mol. The molecule has 0 amide bonds. The van der Waals surface area contributed by atoms with Crippen LogP contribution in [0.4, 0.5) is 0 Å². The SMILES string of the molecule is COc1cc2c(cc1OC)[C@H]1Cc3cc(OC)c(OC)c(OC)c3[C@@H](/C=C/c3cc(OC)c(OC)c(OC)c3)N1CC2. The third-order valence-corrected chi connectivity index (χ3v) is 8.22. The summed E-state index contributed by atoms with van der Waals surface area (Å²) in [4.78, 5) is 2.51. The lowest BCUT2D eigenvalue weighted by Gasteiger charge is -2.46. The van der Waals surface area contributed by atoms with Gasteiger partial charge in [0.2, 0.25) is 11.5 Å². The molecule has 5 rings (SSSR count). The summed E-state index contributed by atoms with van der Waals surface area (Å²) in [5.74, 6) is 5.08. The van der Waals surface area contributed by atoms with E-state index < -0.39 is 0 Å². The molecule has 9 heteroatoms. The standard InChI is InChI=1S/C33H39NO8/c1-35-25-16-20-11-12-34-23(10-9-19-13-27(37-3)31(40-6)28(14-19)38-4)30-21(15-24(34)22(20)18-26(25)36-2)17-29(39-5)32(41-7)33(30)42-8/h9-10,13-14,16-18,23-24H,11-12,15H2,1-8H3/b10-9+/t23-,24-/m1/s1. The molecule has 2 aliphatic heterocycles. The van der Waals surface area contributed by atoms with E-state index in [9.17, 15) is 0 Å². The maximum atomic E-state index is 6.02. The third-order valence-electron chi connectivity index (χ3n) is 8.22. The van der Waals surface area contributed by atoms with E-state index in [1.807, 2.05) is 12.1 Å². The van der Waals surface area contributed by atoms with Gasteiger partial charge in [0.25, 0.3) is 0 Å². The summed E-state index contributed by atoms with van der Waals surface area (Å²) in [5, 5.41) is 0. The highest BCUT2D eigenvalue weighted by Crippen LogP contribution is 2.53. The van der Waals surface area contributed by atoms with Crippen LogP contribution in [0.25, 0.3) is 6.08 Å². The zero-order valence-electron chi connectivity index (χ0n) is 25.5. The average Bonchev–Trinajstić information content (AvgIpc) is 3.03. The van der Waals surface area contributed by atoms with Crippen LogP contribution < -0.4 is 37.9 Å². The molecule has 0 unspecified atom stereocenters. The van der Waals surface area contributed by atoms with Gasteiger partial charge in [0.05, 0.1) is 62.9 Å². The molecule has 0 aromatic heterocycles. The van der Waals surface area contributed by atoms with Crippen molar-refractivity contribution in [2.75, 3.05) is 63.4 Å². The van der Waals surface area contributed by atoms with Crippen LogP contribution in [0.2, 0.25) is 0 Å². The molecule has 2 aliphatic rings. The Bertz CT molecular complexity index is 1460. The highest BCUT2D eigenvalue weighted by atomic mass is 16.5. The quantitative estimate of drug-likeness (QED) is 0.303. The van der Waals surface area contributed by atoms with E-state index in [4.69, 9.17) is 37.9 Å². The number of benzene rings is 3. The van der Waals surface area contributed by atoms with Crippen molar-refractivity contribution in [2.24, 2.45) is 0 Å². The molecule has 0 N–H and O–H groups in total. The van der Waals surface area contributed by atoms with Crippen molar-refractivity contribution in [1.29, 1.82) is 0 Å². The number of hydrogen-bond acceptors (Lipinski definition) is 9. The lowest BCUT2D eigenvalue weighted by Crippen LogP contribution is -2.42. The largest absolute Gasteiger partial charge is 0.493 e. The Kier molecular flexibility index (Phi) is 8.59. The van der Waals surface area contributed by atoms with Crippen molar-refractivity contribution in [1.82, 2.24) is 4.90 Å². The lowest BCUT2D eigenvalue weighted by molar-refractivity contribution is 0.130. The summed E-state index contributed by atoms with van der Waals surface area (Å²) in [6.07, 6.45) is 5.92. The molecular weight excluding hydrogens is 538 g/mol. The number of methoxy groups -OCH3 is 8. The molecule has 0 radical (unpaired) electrons. The van der Waals surface area contributed by atoms with Gasteiger partial charge in [-0.05, 0) is 65.4 Å². The molecule has 9 nitrogen and oxygen atoms in total. The number of ether oxygens (including phenoxy) is 8. The van der Waals surface area contributed by atoms with Gasteiger partial charge in [-0.25, -0.2) is 0 Å². The van der Waals surface area contributed by atoms with Gasteiger partial charge in [0.1, 0.15) is 0 Å². The molecule has 0 aliphatic carbocycles. The highest BCUT2D eigenvalue weighted by molar-refractivity contribution is 5.66. The fraction of sp³-hybridized carbons (Fsp3) is 0.394. The minimum absolute atomic E-state index is 0.0958. The molecule has 0 fully saturated rings. The minimum Gasteiger partial charge on any atom is -0.493 e.